The zero-order valence-corrected chi connectivity index (χ0v) is 14.6. The Bertz CT molecular complexity index is 642. The predicted molar refractivity (Wildman–Crippen MR) is 94.0 cm³/mol. The van der Waals surface area contributed by atoms with Crippen molar-refractivity contribution in [2.75, 3.05) is 20.6 Å². The highest BCUT2D eigenvalue weighted by Crippen LogP contribution is 2.16. The zero-order valence-electron chi connectivity index (χ0n) is 13.0. The zero-order chi connectivity index (χ0) is 15.9. The second kappa shape index (κ2) is 8.11. The average molecular weight is 361 g/mol. The molecule has 0 aromatic heterocycles. The minimum atomic E-state index is 0.0617. The fourth-order valence-corrected chi connectivity index (χ4v) is 2.84. The number of halogens is 1. The van der Waals surface area contributed by atoms with Crippen molar-refractivity contribution in [3.8, 4) is 0 Å². The molecule has 116 valence electrons. The average Bonchev–Trinajstić information content (AvgIpc) is 2.52. The Morgan fingerprint density at radius 2 is 1.95 bits per heavy atom. The molecule has 0 heterocycles. The summed E-state index contributed by atoms with van der Waals surface area (Å²) >= 11 is 3.46. The molecular weight excluding hydrogens is 340 g/mol. The van der Waals surface area contributed by atoms with Crippen LogP contribution < -0.4 is 5.32 Å². The molecular formula is C18H21BrN2O. The van der Waals surface area contributed by atoms with E-state index in [0.717, 1.165) is 34.1 Å². The number of nitrogens with zero attached hydrogens (tertiary/aromatic N) is 1. The first-order chi connectivity index (χ1) is 10.6. The fourth-order valence-electron chi connectivity index (χ4n) is 2.39. The molecule has 2 aromatic carbocycles. The van der Waals surface area contributed by atoms with Gasteiger partial charge >= 0.3 is 0 Å². The Kier molecular flexibility index (Phi) is 6.16. The number of carbonyl (C=O) groups excluding carboxylic acids is 1. The van der Waals surface area contributed by atoms with Crippen LogP contribution in [0.1, 0.15) is 21.5 Å². The van der Waals surface area contributed by atoms with Gasteiger partial charge in [-0.05, 0) is 49.3 Å². The maximum absolute atomic E-state index is 12.7. The molecule has 0 fully saturated rings. The molecule has 3 nitrogen and oxygen atoms in total. The molecule has 0 aliphatic heterocycles. The Hall–Kier alpha value is -1.65. The summed E-state index contributed by atoms with van der Waals surface area (Å²) in [7, 11) is 3.77. The van der Waals surface area contributed by atoms with E-state index < -0.39 is 0 Å². The Balaban J connectivity index is 2.13. The lowest BCUT2D eigenvalue weighted by molar-refractivity contribution is 0.0784. The summed E-state index contributed by atoms with van der Waals surface area (Å²) in [5, 5.41) is 3.13. The topological polar surface area (TPSA) is 32.3 Å². The molecule has 22 heavy (non-hydrogen) atoms. The van der Waals surface area contributed by atoms with Crippen molar-refractivity contribution in [3.63, 3.8) is 0 Å². The molecule has 0 saturated heterocycles. The van der Waals surface area contributed by atoms with Crippen molar-refractivity contribution < 1.29 is 4.79 Å². The van der Waals surface area contributed by atoms with Crippen molar-refractivity contribution in [1.82, 2.24) is 10.2 Å². The van der Waals surface area contributed by atoms with E-state index in [-0.39, 0.29) is 5.91 Å². The highest BCUT2D eigenvalue weighted by atomic mass is 79.9. The lowest BCUT2D eigenvalue weighted by Gasteiger charge is -2.19. The van der Waals surface area contributed by atoms with Crippen LogP contribution in [0.2, 0.25) is 0 Å². The number of benzene rings is 2. The molecule has 0 atom stereocenters. The first kappa shape index (κ1) is 16.7. The number of hydrogen-bond donors (Lipinski definition) is 1. The maximum atomic E-state index is 12.7. The van der Waals surface area contributed by atoms with E-state index in [9.17, 15) is 4.79 Å². The maximum Gasteiger partial charge on any atom is 0.254 e. The SMILES string of the molecule is CNCCc1ccccc1C(=O)N(C)Cc1cccc(Br)c1. The van der Waals surface area contributed by atoms with E-state index in [2.05, 4.69) is 21.2 Å². The number of amides is 1. The van der Waals surface area contributed by atoms with Gasteiger partial charge in [0.2, 0.25) is 0 Å². The molecule has 1 amide bonds. The Morgan fingerprint density at radius 3 is 2.68 bits per heavy atom. The second-order valence-corrected chi connectivity index (χ2v) is 6.22. The van der Waals surface area contributed by atoms with Gasteiger partial charge in [-0.2, -0.15) is 0 Å². The third-order valence-corrected chi connectivity index (χ3v) is 4.04. The van der Waals surface area contributed by atoms with E-state index in [4.69, 9.17) is 0 Å². The Labute approximate surface area is 140 Å². The van der Waals surface area contributed by atoms with E-state index in [1.165, 1.54) is 0 Å². The first-order valence-electron chi connectivity index (χ1n) is 7.34. The smallest absolute Gasteiger partial charge is 0.254 e. The van der Waals surface area contributed by atoms with E-state index in [1.807, 2.05) is 62.6 Å². The van der Waals surface area contributed by atoms with Crippen LogP contribution in [0.25, 0.3) is 0 Å². The standard InChI is InChI=1S/C18H21BrN2O/c1-20-11-10-15-7-3-4-9-17(15)18(22)21(2)13-14-6-5-8-16(19)12-14/h3-9,12,20H,10-11,13H2,1-2H3. The van der Waals surface area contributed by atoms with Crippen LogP contribution in [0, 0.1) is 0 Å². The van der Waals surface area contributed by atoms with Crippen molar-refractivity contribution in [1.29, 1.82) is 0 Å². The monoisotopic (exact) mass is 360 g/mol. The summed E-state index contributed by atoms with van der Waals surface area (Å²) in [6, 6.07) is 15.9. The van der Waals surface area contributed by atoms with Crippen LogP contribution in [-0.4, -0.2) is 31.4 Å². The largest absolute Gasteiger partial charge is 0.337 e. The molecule has 4 heteroatoms. The summed E-state index contributed by atoms with van der Waals surface area (Å²) in [5.41, 5.74) is 2.98. The molecule has 0 unspecified atom stereocenters. The third kappa shape index (κ3) is 4.42. The lowest BCUT2D eigenvalue weighted by atomic mass is 10.0. The molecule has 0 aliphatic rings. The lowest BCUT2D eigenvalue weighted by Crippen LogP contribution is -2.27. The summed E-state index contributed by atoms with van der Waals surface area (Å²) in [5.74, 6) is 0.0617. The number of hydrogen-bond acceptors (Lipinski definition) is 2. The molecule has 0 spiro atoms. The van der Waals surface area contributed by atoms with Crippen LogP contribution >= 0.6 is 15.9 Å². The molecule has 1 N–H and O–H groups in total. The number of likely N-dealkylation sites (N-methyl/N-ethyl adjacent to an activating group) is 1. The molecule has 0 aliphatic carbocycles. The van der Waals surface area contributed by atoms with Gasteiger partial charge in [-0.1, -0.05) is 46.3 Å². The predicted octanol–water partition coefficient (Wildman–Crippen LogP) is 3.48. The van der Waals surface area contributed by atoms with Crippen molar-refractivity contribution in [2.24, 2.45) is 0 Å². The summed E-state index contributed by atoms with van der Waals surface area (Å²) in [6.07, 6.45) is 0.850. The van der Waals surface area contributed by atoms with Gasteiger partial charge in [0, 0.05) is 23.6 Å². The summed E-state index contributed by atoms with van der Waals surface area (Å²) in [4.78, 5) is 14.5. The van der Waals surface area contributed by atoms with Crippen LogP contribution in [0.15, 0.2) is 53.0 Å². The van der Waals surface area contributed by atoms with Crippen LogP contribution in [-0.2, 0) is 13.0 Å². The first-order valence-corrected chi connectivity index (χ1v) is 8.13. The van der Waals surface area contributed by atoms with Gasteiger partial charge in [0.15, 0.2) is 0 Å². The normalized spacial score (nSPS) is 10.5. The van der Waals surface area contributed by atoms with Crippen LogP contribution in [0.5, 0.6) is 0 Å². The number of nitrogens with one attached hydrogen (secondary N) is 1. The van der Waals surface area contributed by atoms with Crippen molar-refractivity contribution in [3.05, 3.63) is 69.7 Å². The third-order valence-electron chi connectivity index (χ3n) is 3.55. The minimum Gasteiger partial charge on any atom is -0.337 e. The van der Waals surface area contributed by atoms with Gasteiger partial charge in [0.25, 0.3) is 5.91 Å². The highest BCUT2D eigenvalue weighted by molar-refractivity contribution is 9.10. The summed E-state index contributed by atoms with van der Waals surface area (Å²) < 4.78 is 1.03. The fraction of sp³-hybridized carbons (Fsp3) is 0.278. The van der Waals surface area contributed by atoms with Gasteiger partial charge in [-0.25, -0.2) is 0 Å². The van der Waals surface area contributed by atoms with Gasteiger partial charge in [0.05, 0.1) is 0 Å². The minimum absolute atomic E-state index is 0.0617. The van der Waals surface area contributed by atoms with Gasteiger partial charge < -0.3 is 10.2 Å². The van der Waals surface area contributed by atoms with Gasteiger partial charge in [-0.15, -0.1) is 0 Å². The number of rotatable bonds is 6. The van der Waals surface area contributed by atoms with Crippen LogP contribution in [0.4, 0.5) is 0 Å². The van der Waals surface area contributed by atoms with E-state index >= 15 is 0 Å². The highest BCUT2D eigenvalue weighted by Gasteiger charge is 2.15. The van der Waals surface area contributed by atoms with Gasteiger partial charge in [-0.3, -0.25) is 4.79 Å². The molecule has 0 bridgehead atoms. The second-order valence-electron chi connectivity index (χ2n) is 5.30. The summed E-state index contributed by atoms with van der Waals surface area (Å²) in [6.45, 7) is 1.46. The van der Waals surface area contributed by atoms with Crippen LogP contribution in [0.3, 0.4) is 0 Å². The molecule has 2 aromatic rings. The molecule has 0 radical (unpaired) electrons. The van der Waals surface area contributed by atoms with Gasteiger partial charge in [0.1, 0.15) is 0 Å². The van der Waals surface area contributed by atoms with Crippen molar-refractivity contribution >= 4 is 21.8 Å². The molecule has 2 rings (SSSR count). The molecule has 0 saturated carbocycles. The quantitative estimate of drug-likeness (QED) is 0.854. The van der Waals surface area contributed by atoms with Crippen molar-refractivity contribution in [2.45, 2.75) is 13.0 Å². The Morgan fingerprint density at radius 1 is 1.18 bits per heavy atom. The number of carbonyl (C=O) groups is 1. The van der Waals surface area contributed by atoms with E-state index in [1.54, 1.807) is 4.90 Å². The van der Waals surface area contributed by atoms with E-state index in [0.29, 0.717) is 6.54 Å².